The first-order valence-electron chi connectivity index (χ1n) is 12.2. The van der Waals surface area contributed by atoms with Crippen LogP contribution in [-0.4, -0.2) is 29.4 Å². The Morgan fingerprint density at radius 2 is 1.89 bits per heavy atom. The molecule has 0 spiro atoms. The number of furan rings is 1. The smallest absolute Gasteiger partial charge is 0.290 e. The molecule has 0 saturated carbocycles. The van der Waals surface area contributed by atoms with Crippen LogP contribution in [0.3, 0.4) is 0 Å². The van der Waals surface area contributed by atoms with Gasteiger partial charge in [-0.2, -0.15) is 0 Å². The quantitative estimate of drug-likeness (QED) is 0.321. The Kier molecular flexibility index (Phi) is 7.01. The van der Waals surface area contributed by atoms with Gasteiger partial charge in [-0.1, -0.05) is 53.6 Å². The van der Waals surface area contributed by atoms with E-state index >= 15 is 0 Å². The Balaban J connectivity index is 1.44. The summed E-state index contributed by atoms with van der Waals surface area (Å²) in [4.78, 5) is 28.0. The lowest BCUT2D eigenvalue weighted by Crippen LogP contribution is -2.40. The van der Waals surface area contributed by atoms with Crippen molar-refractivity contribution >= 4 is 29.1 Å². The molecule has 0 aliphatic carbocycles. The van der Waals surface area contributed by atoms with Crippen LogP contribution in [0.15, 0.2) is 89.5 Å². The molecule has 6 nitrogen and oxygen atoms in total. The maximum atomic E-state index is 13.4. The molecular formula is C30H27ClN2O4. The van der Waals surface area contributed by atoms with Gasteiger partial charge >= 0.3 is 0 Å². The predicted octanol–water partition coefficient (Wildman–Crippen LogP) is 6.44. The van der Waals surface area contributed by atoms with Gasteiger partial charge in [0.15, 0.2) is 11.9 Å². The van der Waals surface area contributed by atoms with E-state index in [2.05, 4.69) is 11.4 Å². The number of amides is 2. The highest BCUT2D eigenvalue weighted by molar-refractivity contribution is 6.30. The van der Waals surface area contributed by atoms with Crippen LogP contribution in [0.25, 0.3) is 0 Å². The van der Waals surface area contributed by atoms with Gasteiger partial charge in [0.05, 0.1) is 12.3 Å². The molecule has 4 aromatic rings. The number of nitrogens with zero attached hydrogens (tertiary/aromatic N) is 1. The molecule has 7 heteroatoms. The molecule has 0 saturated heterocycles. The molecule has 2 amide bonds. The van der Waals surface area contributed by atoms with Crippen molar-refractivity contribution < 1.29 is 18.7 Å². The third-order valence-electron chi connectivity index (χ3n) is 6.47. The Morgan fingerprint density at radius 1 is 1.05 bits per heavy atom. The Hall–Kier alpha value is -4.03. The number of hydrogen-bond acceptors (Lipinski definition) is 4. The van der Waals surface area contributed by atoms with Gasteiger partial charge in [-0.05, 0) is 79.4 Å². The zero-order chi connectivity index (χ0) is 25.9. The number of hydrogen-bond donors (Lipinski definition) is 1. The third kappa shape index (κ3) is 5.39. The molecule has 0 fully saturated rings. The third-order valence-corrected chi connectivity index (χ3v) is 6.71. The Morgan fingerprint density at radius 3 is 2.65 bits per heavy atom. The minimum absolute atomic E-state index is 0.164. The van der Waals surface area contributed by atoms with Crippen LogP contribution in [0, 0.1) is 6.92 Å². The second kappa shape index (κ2) is 10.5. The van der Waals surface area contributed by atoms with Crippen molar-refractivity contribution in [3.05, 3.63) is 118 Å². The number of aryl methyl sites for hydroxylation is 1. The molecule has 37 heavy (non-hydrogen) atoms. The summed E-state index contributed by atoms with van der Waals surface area (Å²) >= 11 is 6.03. The van der Waals surface area contributed by atoms with Crippen molar-refractivity contribution in [3.8, 4) is 5.75 Å². The largest absolute Gasteiger partial charge is 0.481 e. The highest BCUT2D eigenvalue weighted by Gasteiger charge is 2.34. The minimum atomic E-state index is -0.751. The molecule has 3 aromatic carbocycles. The topological polar surface area (TPSA) is 71.8 Å². The average molecular weight is 515 g/mol. The predicted molar refractivity (Wildman–Crippen MR) is 143 cm³/mol. The van der Waals surface area contributed by atoms with Gasteiger partial charge in [-0.25, -0.2) is 0 Å². The molecule has 2 heterocycles. The lowest BCUT2D eigenvalue weighted by Gasteiger charge is -2.37. The van der Waals surface area contributed by atoms with E-state index in [1.165, 1.54) is 6.26 Å². The van der Waals surface area contributed by atoms with Crippen molar-refractivity contribution in [2.45, 2.75) is 32.4 Å². The number of carbonyl (C=O) groups excluding carboxylic acids is 2. The van der Waals surface area contributed by atoms with Gasteiger partial charge in [0.1, 0.15) is 5.75 Å². The number of carbonyl (C=O) groups is 2. The van der Waals surface area contributed by atoms with Crippen LogP contribution >= 0.6 is 11.6 Å². The zero-order valence-electron chi connectivity index (χ0n) is 20.6. The Bertz CT molecular complexity index is 1430. The summed E-state index contributed by atoms with van der Waals surface area (Å²) < 4.78 is 11.5. The fourth-order valence-corrected chi connectivity index (χ4v) is 4.88. The van der Waals surface area contributed by atoms with Gasteiger partial charge < -0.3 is 19.4 Å². The van der Waals surface area contributed by atoms with Crippen LogP contribution in [0.5, 0.6) is 5.75 Å². The van der Waals surface area contributed by atoms with Crippen molar-refractivity contribution in [2.24, 2.45) is 0 Å². The molecule has 2 atom stereocenters. The van der Waals surface area contributed by atoms with E-state index in [-0.39, 0.29) is 17.9 Å². The summed E-state index contributed by atoms with van der Waals surface area (Å²) in [6.45, 7) is 4.29. The van der Waals surface area contributed by atoms with Gasteiger partial charge in [-0.15, -0.1) is 0 Å². The second-order valence-electron chi connectivity index (χ2n) is 9.16. The SMILES string of the molecule is Cc1cccc(C2c3cc(OC(C)C(=O)Nc4cccc(Cl)c4)ccc3CCN2C(=O)c2ccco2)c1. The number of ether oxygens (including phenoxy) is 1. The van der Waals surface area contributed by atoms with Crippen LogP contribution in [0.2, 0.25) is 5.02 Å². The normalized spacial score (nSPS) is 15.5. The van der Waals surface area contributed by atoms with E-state index in [4.69, 9.17) is 20.8 Å². The molecule has 5 rings (SSSR count). The molecule has 1 aromatic heterocycles. The summed E-state index contributed by atoms with van der Waals surface area (Å²) in [6, 6.07) is 24.0. The van der Waals surface area contributed by atoms with Crippen molar-refractivity contribution in [1.29, 1.82) is 0 Å². The molecule has 1 aliphatic heterocycles. The fourth-order valence-electron chi connectivity index (χ4n) is 4.69. The van der Waals surface area contributed by atoms with Crippen LogP contribution < -0.4 is 10.1 Å². The van der Waals surface area contributed by atoms with Gasteiger partial charge in [0, 0.05) is 17.3 Å². The fraction of sp³-hybridized carbons (Fsp3) is 0.200. The highest BCUT2D eigenvalue weighted by atomic mass is 35.5. The van der Waals surface area contributed by atoms with Gasteiger partial charge in [0.2, 0.25) is 0 Å². The number of fused-ring (bicyclic) bond motifs is 1. The van der Waals surface area contributed by atoms with E-state index in [0.717, 1.165) is 22.3 Å². The maximum Gasteiger partial charge on any atom is 0.290 e. The first kappa shape index (κ1) is 24.7. The number of rotatable bonds is 6. The first-order chi connectivity index (χ1) is 17.9. The Labute approximate surface area is 220 Å². The van der Waals surface area contributed by atoms with Gasteiger partial charge in [-0.3, -0.25) is 9.59 Å². The molecule has 1 aliphatic rings. The molecule has 188 valence electrons. The number of nitrogens with one attached hydrogen (secondary N) is 1. The maximum absolute atomic E-state index is 13.4. The van der Waals surface area contributed by atoms with E-state index in [9.17, 15) is 9.59 Å². The standard InChI is InChI=1S/C30H27ClN2O4/c1-19-6-3-7-22(16-19)28-26-18-25(37-20(2)29(34)32-24-9-4-8-23(31)17-24)12-11-21(26)13-14-33(28)30(35)27-10-5-15-36-27/h3-12,15-18,20,28H,13-14H2,1-2H3,(H,32,34). The minimum Gasteiger partial charge on any atom is -0.481 e. The molecular weight excluding hydrogens is 488 g/mol. The van der Waals surface area contributed by atoms with E-state index in [0.29, 0.717) is 35.2 Å². The van der Waals surface area contributed by atoms with Gasteiger partial charge in [0.25, 0.3) is 11.8 Å². The molecule has 2 unspecified atom stereocenters. The number of anilines is 1. The lowest BCUT2D eigenvalue weighted by atomic mass is 9.87. The molecule has 1 N–H and O–H groups in total. The summed E-state index contributed by atoms with van der Waals surface area (Å²) in [5.74, 6) is 0.407. The summed E-state index contributed by atoms with van der Waals surface area (Å²) in [5, 5.41) is 3.37. The number of halogens is 1. The second-order valence-corrected chi connectivity index (χ2v) is 9.60. The van der Waals surface area contributed by atoms with Crippen LogP contribution in [0.1, 0.15) is 45.8 Å². The van der Waals surface area contributed by atoms with E-state index in [1.54, 1.807) is 43.3 Å². The summed E-state index contributed by atoms with van der Waals surface area (Å²) in [7, 11) is 0. The average Bonchev–Trinajstić information content (AvgIpc) is 3.42. The summed E-state index contributed by atoms with van der Waals surface area (Å²) in [5.41, 5.74) is 4.82. The monoisotopic (exact) mass is 514 g/mol. The first-order valence-corrected chi connectivity index (χ1v) is 12.5. The molecule has 0 bridgehead atoms. The zero-order valence-corrected chi connectivity index (χ0v) is 21.4. The van der Waals surface area contributed by atoms with Crippen LogP contribution in [0.4, 0.5) is 5.69 Å². The van der Waals surface area contributed by atoms with Crippen LogP contribution in [-0.2, 0) is 11.2 Å². The number of benzene rings is 3. The van der Waals surface area contributed by atoms with Crippen molar-refractivity contribution in [1.82, 2.24) is 4.90 Å². The van der Waals surface area contributed by atoms with E-state index < -0.39 is 6.10 Å². The summed E-state index contributed by atoms with van der Waals surface area (Å²) in [6.07, 6.45) is 1.46. The lowest BCUT2D eigenvalue weighted by molar-refractivity contribution is -0.122. The highest BCUT2D eigenvalue weighted by Crippen LogP contribution is 2.38. The van der Waals surface area contributed by atoms with Crippen molar-refractivity contribution in [3.63, 3.8) is 0 Å². The van der Waals surface area contributed by atoms with E-state index in [1.807, 2.05) is 48.2 Å². The van der Waals surface area contributed by atoms with Crippen molar-refractivity contribution in [2.75, 3.05) is 11.9 Å². The molecule has 0 radical (unpaired) electrons.